The van der Waals surface area contributed by atoms with E-state index in [2.05, 4.69) is 0 Å². The molecule has 0 unspecified atom stereocenters. The number of amides is 3. The van der Waals surface area contributed by atoms with Crippen molar-refractivity contribution in [1.82, 2.24) is 9.80 Å². The molecule has 0 radical (unpaired) electrons. The average Bonchev–Trinajstić information content (AvgIpc) is 3.05. The lowest BCUT2D eigenvalue weighted by atomic mass is 9.85. The Morgan fingerprint density at radius 3 is 2.36 bits per heavy atom. The number of piperidine rings is 1. The maximum atomic E-state index is 13.4. The standard InChI is InChI=1S/C24H26Cl2N4O3/c25-18-8-6-17(20(26)14-18)7-9-22(32)28-12-10-24(11-13-28)23(33)29(15-21(27)31)16-30(24)19-4-2-1-3-5-19/h1-6,8,14H,7,9-13,15-16H2,(H2,27,31). The van der Waals surface area contributed by atoms with E-state index in [-0.39, 0.29) is 18.4 Å². The fraction of sp³-hybridized carbons (Fsp3) is 0.375. The van der Waals surface area contributed by atoms with E-state index >= 15 is 0 Å². The van der Waals surface area contributed by atoms with Gasteiger partial charge in [0.25, 0.3) is 5.91 Å². The molecule has 0 aromatic heterocycles. The molecule has 2 heterocycles. The molecule has 174 valence electrons. The quantitative estimate of drug-likeness (QED) is 0.676. The molecule has 3 amide bonds. The summed E-state index contributed by atoms with van der Waals surface area (Å²) in [4.78, 5) is 43.2. The molecule has 2 aliphatic rings. The molecule has 2 fully saturated rings. The number of carbonyl (C=O) groups excluding carboxylic acids is 3. The molecule has 2 aliphatic heterocycles. The normalized spacial score (nSPS) is 17.6. The number of primary amides is 1. The van der Waals surface area contributed by atoms with Gasteiger partial charge in [-0.3, -0.25) is 14.4 Å². The van der Waals surface area contributed by atoms with Gasteiger partial charge in [-0.05, 0) is 49.1 Å². The summed E-state index contributed by atoms with van der Waals surface area (Å²) in [6.07, 6.45) is 1.84. The molecule has 0 aliphatic carbocycles. The molecule has 2 aromatic carbocycles. The first-order valence-electron chi connectivity index (χ1n) is 10.9. The predicted molar refractivity (Wildman–Crippen MR) is 128 cm³/mol. The van der Waals surface area contributed by atoms with Crippen molar-refractivity contribution in [2.24, 2.45) is 5.73 Å². The first-order valence-corrected chi connectivity index (χ1v) is 11.7. The molecule has 2 aromatic rings. The minimum Gasteiger partial charge on any atom is -0.368 e. The van der Waals surface area contributed by atoms with Crippen LogP contribution >= 0.6 is 23.2 Å². The van der Waals surface area contributed by atoms with Gasteiger partial charge in [-0.15, -0.1) is 0 Å². The van der Waals surface area contributed by atoms with E-state index in [0.29, 0.717) is 55.5 Å². The maximum Gasteiger partial charge on any atom is 0.250 e. The van der Waals surface area contributed by atoms with Gasteiger partial charge in [0.15, 0.2) is 0 Å². The second kappa shape index (κ2) is 9.61. The topological polar surface area (TPSA) is 87.0 Å². The zero-order valence-electron chi connectivity index (χ0n) is 18.2. The lowest BCUT2D eigenvalue weighted by Gasteiger charge is -2.43. The van der Waals surface area contributed by atoms with Crippen LogP contribution in [-0.2, 0) is 20.8 Å². The number of carbonyl (C=O) groups is 3. The first-order chi connectivity index (χ1) is 15.8. The smallest absolute Gasteiger partial charge is 0.250 e. The van der Waals surface area contributed by atoms with E-state index in [1.807, 2.05) is 46.2 Å². The van der Waals surface area contributed by atoms with Gasteiger partial charge in [0.2, 0.25) is 11.8 Å². The number of anilines is 1. The van der Waals surface area contributed by atoms with E-state index < -0.39 is 11.4 Å². The number of benzene rings is 2. The molecular weight excluding hydrogens is 463 g/mol. The van der Waals surface area contributed by atoms with Crippen LogP contribution in [-0.4, -0.2) is 59.4 Å². The van der Waals surface area contributed by atoms with Crippen LogP contribution in [0.1, 0.15) is 24.8 Å². The Labute approximate surface area is 203 Å². The van der Waals surface area contributed by atoms with Crippen molar-refractivity contribution >= 4 is 46.6 Å². The number of hydrogen-bond donors (Lipinski definition) is 1. The second-order valence-corrected chi connectivity index (χ2v) is 9.37. The lowest BCUT2D eigenvalue weighted by Crippen LogP contribution is -2.57. The van der Waals surface area contributed by atoms with Crippen molar-refractivity contribution in [1.29, 1.82) is 0 Å². The minimum absolute atomic E-state index is 0.0292. The SMILES string of the molecule is NC(=O)CN1CN(c2ccccc2)C2(CCN(C(=O)CCc3ccc(Cl)cc3Cl)CC2)C1=O. The summed E-state index contributed by atoms with van der Waals surface area (Å²) in [6.45, 7) is 1.11. The van der Waals surface area contributed by atoms with E-state index in [4.69, 9.17) is 28.9 Å². The van der Waals surface area contributed by atoms with Crippen LogP contribution in [0.4, 0.5) is 5.69 Å². The summed E-state index contributed by atoms with van der Waals surface area (Å²) in [5, 5.41) is 1.11. The van der Waals surface area contributed by atoms with Gasteiger partial charge < -0.3 is 20.4 Å². The molecule has 7 nitrogen and oxygen atoms in total. The molecule has 0 bridgehead atoms. The molecule has 1 spiro atoms. The van der Waals surface area contributed by atoms with Gasteiger partial charge in [-0.1, -0.05) is 47.5 Å². The number of halogens is 2. The summed E-state index contributed by atoms with van der Waals surface area (Å²) in [5.74, 6) is -0.617. The van der Waals surface area contributed by atoms with Gasteiger partial charge >= 0.3 is 0 Å². The highest BCUT2D eigenvalue weighted by Gasteiger charge is 2.54. The number of nitrogens with zero attached hydrogens (tertiary/aromatic N) is 3. The maximum absolute atomic E-state index is 13.4. The summed E-state index contributed by atoms with van der Waals surface area (Å²) in [7, 11) is 0. The number of nitrogens with two attached hydrogens (primary N) is 1. The van der Waals surface area contributed by atoms with Crippen molar-refractivity contribution in [3.63, 3.8) is 0 Å². The van der Waals surface area contributed by atoms with E-state index in [9.17, 15) is 14.4 Å². The zero-order valence-corrected chi connectivity index (χ0v) is 19.7. The van der Waals surface area contributed by atoms with Crippen LogP contribution in [0.5, 0.6) is 0 Å². The Morgan fingerprint density at radius 1 is 1.03 bits per heavy atom. The van der Waals surface area contributed by atoms with Crippen LogP contribution in [0, 0.1) is 0 Å². The van der Waals surface area contributed by atoms with Crippen molar-refractivity contribution in [2.45, 2.75) is 31.2 Å². The molecule has 2 saturated heterocycles. The predicted octanol–water partition coefficient (Wildman–Crippen LogP) is 3.08. The number of hydrogen-bond acceptors (Lipinski definition) is 4. The fourth-order valence-electron chi connectivity index (χ4n) is 4.76. The molecule has 2 N–H and O–H groups in total. The summed E-state index contributed by atoms with van der Waals surface area (Å²) >= 11 is 12.2. The average molecular weight is 489 g/mol. The fourth-order valence-corrected chi connectivity index (χ4v) is 5.26. The highest BCUT2D eigenvalue weighted by molar-refractivity contribution is 6.35. The Balaban J connectivity index is 1.45. The molecule has 9 heteroatoms. The van der Waals surface area contributed by atoms with Gasteiger partial charge in [0.05, 0.1) is 6.67 Å². The van der Waals surface area contributed by atoms with Crippen LogP contribution in [0.25, 0.3) is 0 Å². The van der Waals surface area contributed by atoms with Crippen molar-refractivity contribution in [3.8, 4) is 0 Å². The van der Waals surface area contributed by atoms with Gasteiger partial charge in [0, 0.05) is 35.2 Å². The van der Waals surface area contributed by atoms with Gasteiger partial charge in [-0.25, -0.2) is 0 Å². The molecule has 4 rings (SSSR count). The van der Waals surface area contributed by atoms with Crippen LogP contribution in [0.3, 0.4) is 0 Å². The van der Waals surface area contributed by atoms with Crippen LogP contribution in [0.2, 0.25) is 10.0 Å². The lowest BCUT2D eigenvalue weighted by molar-refractivity contribution is -0.139. The van der Waals surface area contributed by atoms with Crippen molar-refractivity contribution in [2.75, 3.05) is 31.2 Å². The van der Waals surface area contributed by atoms with Crippen LogP contribution in [0.15, 0.2) is 48.5 Å². The number of aryl methyl sites for hydroxylation is 1. The third kappa shape index (κ3) is 4.80. The number of para-hydroxylation sites is 1. The summed E-state index contributed by atoms with van der Waals surface area (Å²) < 4.78 is 0. The Bertz CT molecular complexity index is 1050. The Morgan fingerprint density at radius 2 is 1.73 bits per heavy atom. The van der Waals surface area contributed by atoms with E-state index in [1.54, 1.807) is 12.1 Å². The Hall–Kier alpha value is -2.77. The molecule has 0 atom stereocenters. The third-order valence-corrected chi connectivity index (χ3v) is 7.08. The monoisotopic (exact) mass is 488 g/mol. The third-order valence-electron chi connectivity index (χ3n) is 6.50. The van der Waals surface area contributed by atoms with E-state index in [1.165, 1.54) is 4.90 Å². The second-order valence-electron chi connectivity index (χ2n) is 8.52. The first kappa shape index (κ1) is 23.4. The van der Waals surface area contributed by atoms with Gasteiger partial charge in [0.1, 0.15) is 12.1 Å². The number of rotatable bonds is 6. The highest BCUT2D eigenvalue weighted by atomic mass is 35.5. The van der Waals surface area contributed by atoms with Gasteiger partial charge in [-0.2, -0.15) is 0 Å². The minimum atomic E-state index is -0.785. The molecule has 0 saturated carbocycles. The highest BCUT2D eigenvalue weighted by Crippen LogP contribution is 2.39. The van der Waals surface area contributed by atoms with Crippen molar-refractivity contribution < 1.29 is 14.4 Å². The molecular formula is C24H26Cl2N4O3. The summed E-state index contributed by atoms with van der Waals surface area (Å²) in [5.41, 5.74) is 6.39. The zero-order chi connectivity index (χ0) is 23.6. The Kier molecular flexibility index (Phi) is 6.81. The molecule has 33 heavy (non-hydrogen) atoms. The number of likely N-dealkylation sites (tertiary alicyclic amines) is 1. The van der Waals surface area contributed by atoms with E-state index in [0.717, 1.165) is 11.3 Å². The summed E-state index contributed by atoms with van der Waals surface area (Å²) in [6, 6.07) is 15.0. The van der Waals surface area contributed by atoms with Crippen molar-refractivity contribution in [3.05, 3.63) is 64.1 Å². The largest absolute Gasteiger partial charge is 0.368 e. The van der Waals surface area contributed by atoms with Crippen LogP contribution < -0.4 is 10.6 Å².